The number of hydrogen-bond acceptors (Lipinski definition) is 20. The van der Waals surface area contributed by atoms with Gasteiger partial charge in [-0.2, -0.15) is 0 Å². The van der Waals surface area contributed by atoms with Gasteiger partial charge in [-0.3, -0.25) is 29.0 Å². The molecule has 38 heteroatoms. The maximum absolute atomic E-state index is 15.7. The lowest BCUT2D eigenvalue weighted by Gasteiger charge is -2.47. The van der Waals surface area contributed by atoms with Gasteiger partial charge in [0.15, 0.2) is 0 Å². The SMILES string of the molecule is C[Si]1(C)O[Si](C)(C)O[Si](C)(CCCCCC(CCCCC[Si]2(C)O[Si](C)(C)O[Si](C)(C)O[Si](C)(C)O2)N2C(=O)c3ccc4c5ccc6c7c(ccc(c8ccc(c3c48)C2=O)c75)C(=O)N(C(CCCCC[Si]2(C)O[Si](C)(C)O[Si](C)(C)O[Si](C)(C)O2)CCCCC[Si]2(C)O[Si](C)(C)O[Si](C)(C)O[Si](C)(C)O2)C6=O)O[Si](C)(C)O1. The molecule has 5 aromatic carbocycles. The molecule has 0 radical (unpaired) electrons. The van der Waals surface area contributed by atoms with Crippen LogP contribution in [-0.2, 0) is 65.8 Å². The number of fused-ring (bicyclic) bond motifs is 2. The Labute approximate surface area is 686 Å². The summed E-state index contributed by atoms with van der Waals surface area (Å²) in [5.74, 6) is -1.17. The van der Waals surface area contributed by atoms with Gasteiger partial charge < -0.3 is 65.8 Å². The topological polar surface area (TPSA) is 222 Å². The van der Waals surface area contributed by atoms with Crippen LogP contribution in [0.3, 0.4) is 0 Å². The molecule has 0 saturated carbocycles. The minimum atomic E-state index is -2.74. The Morgan fingerprint density at radius 2 is 0.375 bits per heavy atom. The van der Waals surface area contributed by atoms with Crippen molar-refractivity contribution in [2.45, 2.75) is 322 Å². The Bertz CT molecular complexity index is 3740. The molecular weight excluding hydrogens is 1690 g/mol. The molecule has 4 amide bonds. The first kappa shape index (κ1) is 91.3. The quantitative estimate of drug-likeness (QED) is 0.0165. The smallest absolute Gasteiger partial charge is 0.317 e. The summed E-state index contributed by atoms with van der Waals surface area (Å²) >= 11 is 0. The van der Waals surface area contributed by atoms with Crippen molar-refractivity contribution in [3.8, 4) is 0 Å². The van der Waals surface area contributed by atoms with Crippen LogP contribution in [-0.4, -0.2) is 182 Å². The second-order valence-corrected chi connectivity index (χ2v) is 96.5. The van der Waals surface area contributed by atoms with E-state index in [4.69, 9.17) is 65.8 Å². The van der Waals surface area contributed by atoms with Gasteiger partial charge in [0.05, 0.1) is 0 Å². The van der Waals surface area contributed by atoms with Gasteiger partial charge >= 0.3 is 137 Å². The van der Waals surface area contributed by atoms with Crippen LogP contribution in [0, 0.1) is 0 Å². The highest BCUT2D eigenvalue weighted by Gasteiger charge is 2.57. The Balaban J connectivity index is 0.852. The maximum atomic E-state index is 15.7. The fourth-order valence-electron chi connectivity index (χ4n) is 20.4. The van der Waals surface area contributed by atoms with E-state index < -0.39 is 137 Å². The number of benzene rings is 5. The predicted octanol–water partition coefficient (Wildman–Crippen LogP) is 20.9. The van der Waals surface area contributed by atoms with E-state index >= 15 is 19.2 Å². The summed E-state index contributed by atoms with van der Waals surface area (Å²) in [6, 6.07) is 18.0. The zero-order chi connectivity index (χ0) is 82.7. The number of carbonyl (C=O) groups is 4. The third kappa shape index (κ3) is 22.0. The minimum Gasteiger partial charge on any atom is -0.416 e. The number of unbranched alkanes of at least 4 members (excludes halogenated alkanes) is 8. The maximum Gasteiger partial charge on any atom is 0.317 e. The molecule has 11 rings (SSSR count). The first-order valence-corrected chi connectivity index (χ1v) is 85.3. The zero-order valence-corrected chi connectivity index (χ0v) is 89.0. The van der Waals surface area contributed by atoms with E-state index in [-0.39, 0.29) is 35.7 Å². The fraction of sp³-hybridized carbons (Fsp3) is 0.676. The largest absolute Gasteiger partial charge is 0.416 e. The summed E-state index contributed by atoms with van der Waals surface area (Å²) < 4.78 is 109. The molecule has 0 unspecified atom stereocenters. The lowest BCUT2D eigenvalue weighted by Crippen LogP contribution is -2.65. The Kier molecular flexibility index (Phi) is 26.7. The van der Waals surface area contributed by atoms with Crippen LogP contribution in [0.4, 0.5) is 0 Å². The van der Waals surface area contributed by atoms with Crippen molar-refractivity contribution in [1.82, 2.24) is 9.80 Å². The summed E-state index contributed by atoms with van der Waals surface area (Å²) in [6.45, 7) is 58.9. The van der Waals surface area contributed by atoms with Gasteiger partial charge in [-0.15, -0.1) is 0 Å². The Morgan fingerprint density at radius 3 is 0.545 bits per heavy atom. The summed E-state index contributed by atoms with van der Waals surface area (Å²) in [7, 11) is -41.4. The van der Waals surface area contributed by atoms with E-state index in [1.54, 1.807) is 9.80 Å². The summed E-state index contributed by atoms with van der Waals surface area (Å²) in [5, 5.41) is 6.35. The molecule has 6 aliphatic rings. The molecule has 4 fully saturated rings. The van der Waals surface area contributed by atoms with E-state index in [0.29, 0.717) is 58.7 Å². The number of nitrogens with zero attached hydrogens (tertiary/aromatic N) is 2. The van der Waals surface area contributed by atoms with E-state index in [0.717, 1.165) is 134 Å². The molecule has 4 saturated heterocycles. The van der Waals surface area contributed by atoms with Crippen LogP contribution in [0.15, 0.2) is 48.5 Å². The molecule has 22 nitrogen and oxygen atoms in total. The van der Waals surface area contributed by atoms with Crippen molar-refractivity contribution >= 4 is 204 Å². The lowest BCUT2D eigenvalue weighted by molar-refractivity contribution is 0.0501. The highest BCUT2D eigenvalue weighted by atomic mass is 28.6. The standard InChI is InChI=1S/C74H134N2O20Si16/c1-97(2)81-101(9,10)89-109(25,90-102(11,12)82-97)53-37-29-33-41-57(42-34-30-38-54-110(26)91-103(13,14)83-98(3,4)84-104(15,16)92-110)75-71(77)63-49-45-59-61-47-51-65-70-66(52-48-62(68(61)70)60-46-50-64(72(75)78)69(63)67(59)60)74(80)76(73(65)79)58(43-35-31-39-55-111(27)93-105(17,18)85-99(5,6)86-106(19,20)94-111)44-36-32-40-56-112(28)95-107(21,22)87-100(7,8)88-108(23,24)96-112/h45-52,57-58H,29-44,53-56H2,1-28H3. The summed E-state index contributed by atoms with van der Waals surface area (Å²) in [6.07, 6.45) is 12.6. The van der Waals surface area contributed by atoms with Crippen LogP contribution in [0.5, 0.6) is 0 Å². The van der Waals surface area contributed by atoms with Gasteiger partial charge in [-0.1, -0.05) is 101 Å². The molecule has 5 aromatic rings. The van der Waals surface area contributed by atoms with Gasteiger partial charge in [-0.05, 0) is 290 Å². The van der Waals surface area contributed by atoms with Crippen LogP contribution < -0.4 is 0 Å². The molecule has 624 valence electrons. The first-order chi connectivity index (χ1) is 51.3. The second kappa shape index (κ2) is 32.7. The summed E-state index contributed by atoms with van der Waals surface area (Å²) in [4.78, 5) is 65.9. The molecule has 0 spiro atoms. The van der Waals surface area contributed by atoms with Gasteiger partial charge in [0, 0.05) is 45.1 Å². The number of imide groups is 2. The Morgan fingerprint density at radius 1 is 0.214 bits per heavy atom. The fourth-order valence-corrected chi connectivity index (χ4v) is 107. The molecule has 0 bridgehead atoms. The molecule has 0 aliphatic carbocycles. The van der Waals surface area contributed by atoms with Crippen molar-refractivity contribution in [1.29, 1.82) is 0 Å². The molecule has 112 heavy (non-hydrogen) atoms. The van der Waals surface area contributed by atoms with Crippen molar-refractivity contribution in [2.75, 3.05) is 0 Å². The lowest BCUT2D eigenvalue weighted by atomic mass is 9.81. The zero-order valence-electron chi connectivity index (χ0n) is 73.0. The number of hydrogen-bond donors (Lipinski definition) is 0. The normalized spacial score (nSPS) is 25.0. The molecule has 0 N–H and O–H groups in total. The first-order valence-electron chi connectivity index (χ1n) is 41.4. The molecular formula is C74H134N2O20Si16. The molecule has 0 aromatic heterocycles. The third-order valence-corrected chi connectivity index (χ3v) is 87.8. The molecule has 6 aliphatic heterocycles. The van der Waals surface area contributed by atoms with Crippen molar-refractivity contribution in [2.24, 2.45) is 0 Å². The van der Waals surface area contributed by atoms with E-state index in [9.17, 15) is 0 Å². The van der Waals surface area contributed by atoms with E-state index in [1.807, 2.05) is 48.5 Å². The van der Waals surface area contributed by atoms with Crippen LogP contribution in [0.1, 0.15) is 144 Å². The summed E-state index contributed by atoms with van der Waals surface area (Å²) in [5.41, 5.74) is 1.97. The van der Waals surface area contributed by atoms with Gasteiger partial charge in [0.25, 0.3) is 23.6 Å². The monoisotopic (exact) mass is 1820 g/mol. The molecule has 6 heterocycles. The van der Waals surface area contributed by atoms with Crippen LogP contribution >= 0.6 is 0 Å². The number of carbonyl (C=O) groups excluding carboxylic acids is 4. The van der Waals surface area contributed by atoms with Crippen molar-refractivity contribution in [3.05, 3.63) is 70.8 Å². The second-order valence-electron chi connectivity index (χ2n) is 38.8. The van der Waals surface area contributed by atoms with E-state index in [1.165, 1.54) is 0 Å². The van der Waals surface area contributed by atoms with Gasteiger partial charge in [-0.25, -0.2) is 0 Å². The average molecular weight is 1820 g/mol. The van der Waals surface area contributed by atoms with Crippen LogP contribution in [0.25, 0.3) is 43.1 Å². The highest BCUT2D eigenvalue weighted by Crippen LogP contribution is 2.49. The third-order valence-electron chi connectivity index (χ3n) is 21.7. The highest BCUT2D eigenvalue weighted by molar-refractivity contribution is 6.96. The average Bonchev–Trinajstić information content (AvgIpc) is 0.687. The van der Waals surface area contributed by atoms with E-state index in [2.05, 4.69) is 183 Å². The van der Waals surface area contributed by atoms with Gasteiger partial charge in [0.1, 0.15) is 0 Å². The van der Waals surface area contributed by atoms with Gasteiger partial charge in [0.2, 0.25) is 0 Å². The van der Waals surface area contributed by atoms with Crippen LogP contribution in [0.2, 0.25) is 207 Å². The molecule has 0 atom stereocenters. The predicted molar refractivity (Wildman–Crippen MR) is 483 cm³/mol. The van der Waals surface area contributed by atoms with Crippen molar-refractivity contribution in [3.63, 3.8) is 0 Å². The number of rotatable bonds is 26. The van der Waals surface area contributed by atoms with Crippen molar-refractivity contribution < 1.29 is 85.0 Å². The minimum absolute atomic E-state index is 0.293. The number of amides is 4. The Hall–Kier alpha value is -1.49.